The molecule has 48 valence electrons. The molecule has 0 atom stereocenters. The molecule has 0 bridgehead atoms. The van der Waals surface area contributed by atoms with Gasteiger partial charge in [0.1, 0.15) is 0 Å². The Balaban J connectivity index is 3.03. The summed E-state index contributed by atoms with van der Waals surface area (Å²) in [5.41, 5.74) is 5.26. The molecule has 0 radical (unpaired) electrons. The van der Waals surface area contributed by atoms with Crippen LogP contribution in [0.5, 0.6) is 0 Å². The lowest BCUT2D eigenvalue weighted by molar-refractivity contribution is 0.942. The van der Waals surface area contributed by atoms with E-state index >= 15 is 0 Å². The first kappa shape index (κ1) is 7.82. The Morgan fingerprint density at radius 1 is 1.75 bits per heavy atom. The van der Waals surface area contributed by atoms with Crippen molar-refractivity contribution in [3.63, 3.8) is 0 Å². The second-order valence-corrected chi connectivity index (χ2v) is 2.05. The van der Waals surface area contributed by atoms with E-state index in [1.807, 2.05) is 0 Å². The van der Waals surface area contributed by atoms with Gasteiger partial charge in [-0.05, 0) is 19.1 Å². The summed E-state index contributed by atoms with van der Waals surface area (Å²) in [6.07, 6.45) is 1.01. The average molecular weight is 132 g/mol. The number of amidine groups is 1. The monoisotopic (exact) mass is 132 g/mol. The molecule has 0 aliphatic heterocycles. The quantitative estimate of drug-likeness (QED) is 0.252. The largest absolute Gasteiger partial charge is 0.388 e. The molecule has 0 aromatic heterocycles. The van der Waals surface area contributed by atoms with Crippen molar-refractivity contribution in [2.45, 2.75) is 13.3 Å². The number of aliphatic imine (C=N–C) groups is 1. The van der Waals surface area contributed by atoms with Crippen molar-refractivity contribution in [2.24, 2.45) is 10.7 Å². The first-order chi connectivity index (χ1) is 3.77. The third kappa shape index (κ3) is 5.82. The molecule has 0 aliphatic carbocycles. The van der Waals surface area contributed by atoms with Gasteiger partial charge in [-0.15, -0.1) is 0 Å². The maximum Gasteiger partial charge on any atom is 0.0905 e. The van der Waals surface area contributed by atoms with Gasteiger partial charge in [0.05, 0.1) is 5.84 Å². The van der Waals surface area contributed by atoms with Gasteiger partial charge in [-0.2, -0.15) is 12.6 Å². The van der Waals surface area contributed by atoms with E-state index in [4.69, 9.17) is 5.73 Å². The normalized spacial score (nSPS) is 12.0. The van der Waals surface area contributed by atoms with Crippen molar-refractivity contribution in [1.29, 1.82) is 0 Å². The van der Waals surface area contributed by atoms with E-state index < -0.39 is 0 Å². The standard InChI is InChI=1S/C5H12N2S/c1-5(6)7-3-2-4-8/h8H,2-4H2,1H3,(H2,6,7). The molecule has 2 N–H and O–H groups in total. The summed E-state index contributed by atoms with van der Waals surface area (Å²) < 4.78 is 0. The van der Waals surface area contributed by atoms with Gasteiger partial charge in [0.15, 0.2) is 0 Å². The van der Waals surface area contributed by atoms with Crippen LogP contribution in [0, 0.1) is 0 Å². The Hall–Kier alpha value is -0.180. The molecule has 0 spiro atoms. The molecule has 0 saturated heterocycles. The zero-order chi connectivity index (χ0) is 6.41. The summed E-state index contributed by atoms with van der Waals surface area (Å²) in [6, 6.07) is 0. The molecule has 2 nitrogen and oxygen atoms in total. The van der Waals surface area contributed by atoms with Crippen molar-refractivity contribution in [3.05, 3.63) is 0 Å². The fourth-order valence-electron chi connectivity index (χ4n) is 0.326. The molecule has 0 unspecified atom stereocenters. The highest BCUT2D eigenvalue weighted by atomic mass is 32.1. The van der Waals surface area contributed by atoms with Gasteiger partial charge in [-0.1, -0.05) is 0 Å². The molecule has 0 amide bonds. The third-order valence-corrected chi connectivity index (χ3v) is 0.994. The van der Waals surface area contributed by atoms with Gasteiger partial charge in [-0.25, -0.2) is 0 Å². The number of nitrogens with zero attached hydrogens (tertiary/aromatic N) is 1. The highest BCUT2D eigenvalue weighted by Crippen LogP contribution is 1.83. The minimum absolute atomic E-state index is 0.659. The van der Waals surface area contributed by atoms with Crippen molar-refractivity contribution >= 4 is 18.5 Å². The maximum absolute atomic E-state index is 5.26. The molecule has 0 aromatic carbocycles. The van der Waals surface area contributed by atoms with Gasteiger partial charge in [-0.3, -0.25) is 4.99 Å². The van der Waals surface area contributed by atoms with Crippen molar-refractivity contribution in [1.82, 2.24) is 0 Å². The molecule has 0 fully saturated rings. The van der Waals surface area contributed by atoms with E-state index in [1.165, 1.54) is 0 Å². The van der Waals surface area contributed by atoms with E-state index in [-0.39, 0.29) is 0 Å². The lowest BCUT2D eigenvalue weighted by Crippen LogP contribution is -2.05. The summed E-state index contributed by atoms with van der Waals surface area (Å²) in [5, 5.41) is 0. The summed E-state index contributed by atoms with van der Waals surface area (Å²) in [6.45, 7) is 2.60. The molecular weight excluding hydrogens is 120 g/mol. The number of hydrogen-bond donors (Lipinski definition) is 2. The van der Waals surface area contributed by atoms with Crippen molar-refractivity contribution < 1.29 is 0 Å². The number of thiol groups is 1. The Labute approximate surface area is 55.6 Å². The Morgan fingerprint density at radius 3 is 2.75 bits per heavy atom. The summed E-state index contributed by atoms with van der Waals surface area (Å²) in [5.74, 6) is 1.54. The SMILES string of the molecule is CC(N)=NCCCS. The van der Waals surface area contributed by atoms with Crippen LogP contribution >= 0.6 is 12.6 Å². The lowest BCUT2D eigenvalue weighted by Gasteiger charge is -1.89. The van der Waals surface area contributed by atoms with Crippen LogP contribution in [-0.2, 0) is 0 Å². The highest BCUT2D eigenvalue weighted by Gasteiger charge is 1.79. The van der Waals surface area contributed by atoms with Gasteiger partial charge >= 0.3 is 0 Å². The van der Waals surface area contributed by atoms with Crippen LogP contribution in [-0.4, -0.2) is 18.1 Å². The fraction of sp³-hybridized carbons (Fsp3) is 0.800. The second kappa shape index (κ2) is 4.97. The first-order valence-electron chi connectivity index (χ1n) is 2.64. The molecule has 0 saturated carbocycles. The Kier molecular flexibility index (Phi) is 4.85. The maximum atomic E-state index is 5.26. The first-order valence-corrected chi connectivity index (χ1v) is 3.28. The number of rotatable bonds is 3. The average Bonchev–Trinajstić information content (AvgIpc) is 1.66. The van der Waals surface area contributed by atoms with Crippen LogP contribution < -0.4 is 5.73 Å². The van der Waals surface area contributed by atoms with Crippen molar-refractivity contribution in [3.8, 4) is 0 Å². The van der Waals surface area contributed by atoms with Crippen molar-refractivity contribution in [2.75, 3.05) is 12.3 Å². The fourth-order valence-corrected chi connectivity index (χ4v) is 0.468. The smallest absolute Gasteiger partial charge is 0.0905 e. The van der Waals surface area contributed by atoms with Crippen LogP contribution in [0.25, 0.3) is 0 Å². The summed E-state index contributed by atoms with van der Waals surface area (Å²) in [7, 11) is 0. The zero-order valence-corrected chi connectivity index (χ0v) is 5.99. The van der Waals surface area contributed by atoms with Gasteiger partial charge in [0.25, 0.3) is 0 Å². The molecule has 0 aliphatic rings. The highest BCUT2D eigenvalue weighted by molar-refractivity contribution is 7.80. The summed E-state index contributed by atoms with van der Waals surface area (Å²) in [4.78, 5) is 3.96. The minimum atomic E-state index is 0.659. The molecule has 0 heterocycles. The van der Waals surface area contributed by atoms with Crippen LogP contribution in [0.15, 0.2) is 4.99 Å². The van der Waals surface area contributed by atoms with E-state index in [9.17, 15) is 0 Å². The van der Waals surface area contributed by atoms with Crippen LogP contribution in [0.4, 0.5) is 0 Å². The Morgan fingerprint density at radius 2 is 2.38 bits per heavy atom. The Bertz CT molecular complexity index is 76.5. The molecule has 0 aromatic rings. The molecule has 8 heavy (non-hydrogen) atoms. The van der Waals surface area contributed by atoms with Gasteiger partial charge < -0.3 is 5.73 Å². The van der Waals surface area contributed by atoms with E-state index in [2.05, 4.69) is 17.6 Å². The summed E-state index contributed by atoms with van der Waals surface area (Å²) >= 11 is 4.01. The van der Waals surface area contributed by atoms with E-state index in [0.717, 1.165) is 18.7 Å². The van der Waals surface area contributed by atoms with Crippen LogP contribution in [0.1, 0.15) is 13.3 Å². The third-order valence-electron chi connectivity index (χ3n) is 0.677. The molecule has 0 rings (SSSR count). The molecular formula is C5H12N2S. The van der Waals surface area contributed by atoms with E-state index in [1.54, 1.807) is 6.92 Å². The van der Waals surface area contributed by atoms with Crippen LogP contribution in [0.3, 0.4) is 0 Å². The predicted molar refractivity (Wildman–Crippen MR) is 40.6 cm³/mol. The van der Waals surface area contributed by atoms with E-state index in [0.29, 0.717) is 5.84 Å². The minimum Gasteiger partial charge on any atom is -0.388 e. The number of nitrogens with two attached hydrogens (primary N) is 1. The van der Waals surface area contributed by atoms with Crippen LogP contribution in [0.2, 0.25) is 0 Å². The molecule has 3 heteroatoms. The van der Waals surface area contributed by atoms with Gasteiger partial charge in [0, 0.05) is 6.54 Å². The van der Waals surface area contributed by atoms with Gasteiger partial charge in [0.2, 0.25) is 0 Å². The number of hydrogen-bond acceptors (Lipinski definition) is 2. The zero-order valence-electron chi connectivity index (χ0n) is 5.09. The topological polar surface area (TPSA) is 38.4 Å². The second-order valence-electron chi connectivity index (χ2n) is 1.60. The predicted octanol–water partition coefficient (Wildman–Crippen LogP) is 0.683. The lowest BCUT2D eigenvalue weighted by atomic mass is 10.5.